The van der Waals surface area contributed by atoms with Gasteiger partial charge in [0.05, 0.1) is 5.56 Å². The first kappa shape index (κ1) is 15.6. The average Bonchev–Trinajstić information content (AvgIpc) is 2.38. The molecular weight excluding hydrogens is 335 g/mol. The first-order valence-corrected chi connectivity index (χ1v) is 7.30. The summed E-state index contributed by atoms with van der Waals surface area (Å²) < 4.78 is 39.3. The molecule has 112 valence electrons. The highest BCUT2D eigenvalue weighted by Crippen LogP contribution is 2.36. The number of benzene rings is 1. The molecule has 1 aliphatic heterocycles. The number of anilines is 1. The Balaban J connectivity index is 1.95. The summed E-state index contributed by atoms with van der Waals surface area (Å²) in [6.07, 6.45) is -4.34. The van der Waals surface area contributed by atoms with Crippen molar-refractivity contribution in [3.63, 3.8) is 0 Å². The van der Waals surface area contributed by atoms with Crippen LogP contribution in [0.25, 0.3) is 0 Å². The van der Waals surface area contributed by atoms with Gasteiger partial charge in [-0.05, 0) is 18.2 Å². The molecule has 0 spiro atoms. The van der Waals surface area contributed by atoms with Crippen molar-refractivity contribution >= 4 is 21.6 Å². The molecule has 1 fully saturated rings. The van der Waals surface area contributed by atoms with Gasteiger partial charge in [0.1, 0.15) is 0 Å². The van der Waals surface area contributed by atoms with E-state index in [1.54, 1.807) is 0 Å². The summed E-state index contributed by atoms with van der Waals surface area (Å²) in [6, 6.07) is 3.97. The van der Waals surface area contributed by atoms with E-state index < -0.39 is 11.7 Å². The predicted molar refractivity (Wildman–Crippen MR) is 76.9 cm³/mol. The Labute approximate surface area is 124 Å². The lowest BCUT2D eigenvalue weighted by molar-refractivity contribution is -0.137. The summed E-state index contributed by atoms with van der Waals surface area (Å²) in [4.78, 5) is 2.23. The Morgan fingerprint density at radius 2 is 1.95 bits per heavy atom. The molecule has 1 saturated heterocycles. The highest BCUT2D eigenvalue weighted by atomic mass is 79.9. The highest BCUT2D eigenvalue weighted by Gasteiger charge is 2.33. The fourth-order valence-corrected chi connectivity index (χ4v) is 2.55. The molecule has 7 heteroatoms. The van der Waals surface area contributed by atoms with Gasteiger partial charge in [-0.15, -0.1) is 0 Å². The van der Waals surface area contributed by atoms with Gasteiger partial charge in [0.2, 0.25) is 0 Å². The van der Waals surface area contributed by atoms with Gasteiger partial charge >= 0.3 is 6.18 Å². The van der Waals surface area contributed by atoms with Crippen LogP contribution in [-0.4, -0.2) is 44.2 Å². The zero-order valence-electron chi connectivity index (χ0n) is 10.9. The summed E-state index contributed by atoms with van der Waals surface area (Å²) in [5.74, 6) is 0. The smallest absolute Gasteiger partial charge is 0.383 e. The van der Waals surface area contributed by atoms with Gasteiger partial charge in [-0.2, -0.15) is 13.2 Å². The van der Waals surface area contributed by atoms with Gasteiger partial charge in [0.15, 0.2) is 0 Å². The number of hydrogen-bond donors (Lipinski definition) is 2. The fraction of sp³-hybridized carbons (Fsp3) is 0.538. The lowest BCUT2D eigenvalue weighted by atomic mass is 10.1. The number of halogens is 4. The Hall–Kier alpha value is -0.790. The van der Waals surface area contributed by atoms with Crippen LogP contribution < -0.4 is 10.6 Å². The highest BCUT2D eigenvalue weighted by molar-refractivity contribution is 9.10. The van der Waals surface area contributed by atoms with Crippen LogP contribution in [0.2, 0.25) is 0 Å². The van der Waals surface area contributed by atoms with Crippen molar-refractivity contribution in [2.75, 3.05) is 44.6 Å². The maximum absolute atomic E-state index is 12.9. The molecule has 20 heavy (non-hydrogen) atoms. The van der Waals surface area contributed by atoms with Crippen LogP contribution in [-0.2, 0) is 6.18 Å². The molecule has 0 unspecified atom stereocenters. The van der Waals surface area contributed by atoms with E-state index in [2.05, 4.69) is 31.5 Å². The minimum absolute atomic E-state index is 0.127. The van der Waals surface area contributed by atoms with E-state index in [4.69, 9.17) is 0 Å². The first-order chi connectivity index (χ1) is 9.47. The summed E-state index contributed by atoms with van der Waals surface area (Å²) in [5, 5.41) is 6.14. The van der Waals surface area contributed by atoms with Crippen molar-refractivity contribution in [1.82, 2.24) is 10.2 Å². The maximum Gasteiger partial charge on any atom is 0.418 e. The third-order valence-corrected chi connectivity index (χ3v) is 3.73. The van der Waals surface area contributed by atoms with Gasteiger partial charge in [-0.25, -0.2) is 0 Å². The van der Waals surface area contributed by atoms with Crippen molar-refractivity contribution in [2.24, 2.45) is 0 Å². The van der Waals surface area contributed by atoms with Crippen molar-refractivity contribution in [2.45, 2.75) is 6.18 Å². The molecule has 0 saturated carbocycles. The maximum atomic E-state index is 12.9. The molecule has 1 aromatic carbocycles. The van der Waals surface area contributed by atoms with Crippen molar-refractivity contribution in [3.05, 3.63) is 28.2 Å². The Morgan fingerprint density at radius 3 is 2.60 bits per heavy atom. The molecule has 1 aromatic rings. The molecule has 0 atom stereocenters. The zero-order valence-corrected chi connectivity index (χ0v) is 12.5. The van der Waals surface area contributed by atoms with Crippen LogP contribution in [0.1, 0.15) is 5.56 Å². The van der Waals surface area contributed by atoms with Gasteiger partial charge in [0, 0.05) is 49.4 Å². The van der Waals surface area contributed by atoms with Gasteiger partial charge < -0.3 is 10.6 Å². The number of piperazine rings is 1. The lowest BCUT2D eigenvalue weighted by Gasteiger charge is -2.27. The molecule has 2 N–H and O–H groups in total. The van der Waals surface area contributed by atoms with Gasteiger partial charge in [0.25, 0.3) is 0 Å². The Morgan fingerprint density at radius 1 is 1.25 bits per heavy atom. The van der Waals surface area contributed by atoms with E-state index in [1.165, 1.54) is 12.1 Å². The quantitative estimate of drug-likeness (QED) is 0.873. The minimum atomic E-state index is -4.34. The molecule has 1 aliphatic rings. The monoisotopic (exact) mass is 351 g/mol. The normalized spacial score (nSPS) is 17.2. The number of hydrogen-bond acceptors (Lipinski definition) is 3. The van der Waals surface area contributed by atoms with E-state index in [0.29, 0.717) is 11.0 Å². The van der Waals surface area contributed by atoms with Crippen molar-refractivity contribution < 1.29 is 13.2 Å². The topological polar surface area (TPSA) is 27.3 Å². The molecule has 3 nitrogen and oxygen atoms in total. The van der Waals surface area contributed by atoms with E-state index in [9.17, 15) is 13.2 Å². The Kier molecular flexibility index (Phi) is 5.29. The van der Waals surface area contributed by atoms with Crippen molar-refractivity contribution in [1.29, 1.82) is 0 Å². The third kappa shape index (κ3) is 4.36. The van der Waals surface area contributed by atoms with Gasteiger partial charge in [-0.1, -0.05) is 15.9 Å². The molecule has 0 radical (unpaired) electrons. The molecule has 1 heterocycles. The average molecular weight is 352 g/mol. The number of nitrogens with zero attached hydrogens (tertiary/aromatic N) is 1. The summed E-state index contributed by atoms with van der Waals surface area (Å²) in [6.45, 7) is 4.99. The summed E-state index contributed by atoms with van der Waals surface area (Å²) in [7, 11) is 0. The number of alkyl halides is 3. The molecule has 0 bridgehead atoms. The molecule has 0 amide bonds. The molecule has 0 aromatic heterocycles. The second-order valence-corrected chi connectivity index (χ2v) is 5.62. The Bertz CT molecular complexity index is 445. The van der Waals surface area contributed by atoms with E-state index in [0.717, 1.165) is 38.8 Å². The lowest BCUT2D eigenvalue weighted by Crippen LogP contribution is -2.45. The largest absolute Gasteiger partial charge is 0.418 e. The van der Waals surface area contributed by atoms with Crippen LogP contribution >= 0.6 is 15.9 Å². The minimum Gasteiger partial charge on any atom is -0.383 e. The van der Waals surface area contributed by atoms with Crippen LogP contribution in [0, 0.1) is 0 Å². The zero-order chi connectivity index (χ0) is 14.6. The van der Waals surface area contributed by atoms with E-state index >= 15 is 0 Å². The SMILES string of the molecule is FC(F)(F)c1ccc(Br)cc1NCCN1CCNCC1. The standard InChI is InChI=1S/C13H17BrF3N3/c14-10-1-2-11(13(15,16)17)12(9-10)19-5-8-20-6-3-18-4-7-20/h1-2,9,18-19H,3-8H2. The van der Waals surface area contributed by atoms with E-state index in [-0.39, 0.29) is 5.69 Å². The van der Waals surface area contributed by atoms with Gasteiger partial charge in [-0.3, -0.25) is 4.90 Å². The summed E-state index contributed by atoms with van der Waals surface area (Å²) >= 11 is 3.21. The van der Waals surface area contributed by atoms with Crippen LogP contribution in [0.3, 0.4) is 0 Å². The summed E-state index contributed by atoms with van der Waals surface area (Å²) in [5.41, 5.74) is -0.497. The second kappa shape index (κ2) is 6.78. The van der Waals surface area contributed by atoms with Crippen LogP contribution in [0.15, 0.2) is 22.7 Å². The molecule has 0 aliphatic carbocycles. The predicted octanol–water partition coefficient (Wildman–Crippen LogP) is 2.79. The third-order valence-electron chi connectivity index (χ3n) is 3.24. The number of nitrogens with one attached hydrogen (secondary N) is 2. The second-order valence-electron chi connectivity index (χ2n) is 4.71. The van der Waals surface area contributed by atoms with Crippen molar-refractivity contribution in [3.8, 4) is 0 Å². The van der Waals surface area contributed by atoms with E-state index in [1.807, 2.05) is 0 Å². The van der Waals surface area contributed by atoms with Crippen LogP contribution in [0.5, 0.6) is 0 Å². The fourth-order valence-electron chi connectivity index (χ4n) is 2.19. The number of rotatable bonds is 4. The molecule has 2 rings (SSSR count). The van der Waals surface area contributed by atoms with Crippen LogP contribution in [0.4, 0.5) is 18.9 Å². The molecular formula is C13H17BrF3N3. The first-order valence-electron chi connectivity index (χ1n) is 6.50.